The molecule has 1 aromatic carbocycles. The summed E-state index contributed by atoms with van der Waals surface area (Å²) in [4.78, 5) is 39.6. The van der Waals surface area contributed by atoms with E-state index < -0.39 is 24.1 Å². The third-order valence-corrected chi connectivity index (χ3v) is 4.31. The van der Waals surface area contributed by atoms with Crippen molar-refractivity contribution in [2.45, 2.75) is 38.5 Å². The van der Waals surface area contributed by atoms with E-state index in [0.29, 0.717) is 0 Å². The molecular formula is C19H26N4O4. The number of carbonyl (C=O) groups is 3. The van der Waals surface area contributed by atoms with E-state index in [-0.39, 0.29) is 24.7 Å². The summed E-state index contributed by atoms with van der Waals surface area (Å²) in [5.41, 5.74) is 1.80. The smallest absolute Gasteiger partial charge is 0.243 e. The Labute approximate surface area is 157 Å². The molecule has 27 heavy (non-hydrogen) atoms. The lowest BCUT2D eigenvalue weighted by Crippen LogP contribution is -2.55. The highest BCUT2D eigenvalue weighted by Gasteiger charge is 2.28. The zero-order chi connectivity index (χ0) is 20.0. The van der Waals surface area contributed by atoms with Crippen LogP contribution in [-0.4, -0.2) is 59.5 Å². The van der Waals surface area contributed by atoms with Crippen LogP contribution in [-0.2, 0) is 20.8 Å². The zero-order valence-corrected chi connectivity index (χ0v) is 15.7. The maximum absolute atomic E-state index is 12.7. The molecule has 0 saturated heterocycles. The van der Waals surface area contributed by atoms with Gasteiger partial charge in [-0.05, 0) is 32.5 Å². The van der Waals surface area contributed by atoms with Gasteiger partial charge in [-0.15, -0.1) is 0 Å². The standard InChI is InChI=1S/C19H26N4O4/c1-11(24)18(12(2)25)23-19(27)16(22-17(26)10-20-3)8-13-9-21-15-7-5-4-6-14(13)15/h4-7,9,11,16,18,20-21,24H,8,10H2,1-3H3,(H,22,26)(H,23,27)/t11-,16+,18+/m1/s1. The Morgan fingerprint density at radius 3 is 2.52 bits per heavy atom. The lowest BCUT2D eigenvalue weighted by atomic mass is 10.0. The lowest BCUT2D eigenvalue weighted by molar-refractivity contribution is -0.132. The van der Waals surface area contributed by atoms with Gasteiger partial charge >= 0.3 is 0 Å². The number of ketones is 1. The molecule has 8 heteroatoms. The summed E-state index contributed by atoms with van der Waals surface area (Å²) in [7, 11) is 1.63. The highest BCUT2D eigenvalue weighted by molar-refractivity contribution is 5.93. The number of Topliss-reactive ketones (excluding diaryl/α,β-unsaturated/α-hetero) is 1. The first-order valence-electron chi connectivity index (χ1n) is 8.81. The minimum Gasteiger partial charge on any atom is -0.391 e. The number of aromatic nitrogens is 1. The van der Waals surface area contributed by atoms with Gasteiger partial charge in [-0.25, -0.2) is 0 Å². The van der Waals surface area contributed by atoms with Gasteiger partial charge in [-0.3, -0.25) is 14.4 Å². The van der Waals surface area contributed by atoms with Crippen LogP contribution in [0.15, 0.2) is 30.5 Å². The van der Waals surface area contributed by atoms with Gasteiger partial charge in [0.05, 0.1) is 12.6 Å². The monoisotopic (exact) mass is 374 g/mol. The van der Waals surface area contributed by atoms with Gasteiger partial charge in [0.2, 0.25) is 11.8 Å². The van der Waals surface area contributed by atoms with E-state index in [4.69, 9.17) is 0 Å². The predicted octanol–water partition coefficient (Wildman–Crippen LogP) is -0.131. The number of benzene rings is 1. The topological polar surface area (TPSA) is 123 Å². The zero-order valence-electron chi connectivity index (χ0n) is 15.7. The molecule has 1 aromatic heterocycles. The van der Waals surface area contributed by atoms with Crippen molar-refractivity contribution in [1.82, 2.24) is 20.9 Å². The lowest BCUT2D eigenvalue weighted by Gasteiger charge is -2.23. The first-order valence-corrected chi connectivity index (χ1v) is 8.81. The molecule has 8 nitrogen and oxygen atoms in total. The molecule has 0 spiro atoms. The van der Waals surface area contributed by atoms with Crippen molar-refractivity contribution < 1.29 is 19.5 Å². The minimum absolute atomic E-state index is 0.0597. The summed E-state index contributed by atoms with van der Waals surface area (Å²) in [5.74, 6) is -1.22. The van der Waals surface area contributed by atoms with Crippen LogP contribution < -0.4 is 16.0 Å². The Morgan fingerprint density at radius 2 is 1.89 bits per heavy atom. The summed E-state index contributed by atoms with van der Waals surface area (Å²) in [6, 6.07) is 5.75. The molecule has 5 N–H and O–H groups in total. The third kappa shape index (κ3) is 5.38. The van der Waals surface area contributed by atoms with Gasteiger partial charge in [-0.1, -0.05) is 18.2 Å². The van der Waals surface area contributed by atoms with E-state index >= 15 is 0 Å². The van der Waals surface area contributed by atoms with Crippen molar-refractivity contribution in [3.05, 3.63) is 36.0 Å². The number of likely N-dealkylation sites (N-methyl/N-ethyl adjacent to an activating group) is 1. The van der Waals surface area contributed by atoms with Crippen LogP contribution in [0, 0.1) is 0 Å². The number of aromatic amines is 1. The van der Waals surface area contributed by atoms with Crippen LogP contribution in [0.5, 0.6) is 0 Å². The quantitative estimate of drug-likeness (QED) is 0.418. The van der Waals surface area contributed by atoms with Gasteiger partial charge in [0.25, 0.3) is 0 Å². The average Bonchev–Trinajstić information content (AvgIpc) is 3.01. The number of aliphatic hydroxyl groups excluding tert-OH is 1. The van der Waals surface area contributed by atoms with E-state index in [2.05, 4.69) is 20.9 Å². The van der Waals surface area contributed by atoms with E-state index in [1.54, 1.807) is 13.2 Å². The highest BCUT2D eigenvalue weighted by atomic mass is 16.3. The van der Waals surface area contributed by atoms with Crippen molar-refractivity contribution >= 4 is 28.5 Å². The predicted molar refractivity (Wildman–Crippen MR) is 102 cm³/mol. The van der Waals surface area contributed by atoms with E-state index in [0.717, 1.165) is 16.5 Å². The number of amides is 2. The van der Waals surface area contributed by atoms with Gasteiger partial charge in [0.15, 0.2) is 5.78 Å². The largest absolute Gasteiger partial charge is 0.391 e. The van der Waals surface area contributed by atoms with Gasteiger partial charge in [-0.2, -0.15) is 0 Å². The molecule has 0 fully saturated rings. The Morgan fingerprint density at radius 1 is 1.19 bits per heavy atom. The summed E-state index contributed by atoms with van der Waals surface area (Å²) in [6.45, 7) is 2.79. The van der Waals surface area contributed by atoms with Crippen LogP contribution in [0.1, 0.15) is 19.4 Å². The Balaban J connectivity index is 2.23. The van der Waals surface area contributed by atoms with Gasteiger partial charge in [0.1, 0.15) is 12.1 Å². The normalized spacial score (nSPS) is 14.4. The number of carbonyl (C=O) groups excluding carboxylic acids is 3. The van der Waals surface area contributed by atoms with Crippen molar-refractivity contribution in [1.29, 1.82) is 0 Å². The summed E-state index contributed by atoms with van der Waals surface area (Å²) in [5, 5.41) is 18.7. The maximum Gasteiger partial charge on any atom is 0.243 e. The second-order valence-corrected chi connectivity index (χ2v) is 6.55. The van der Waals surface area contributed by atoms with E-state index in [9.17, 15) is 19.5 Å². The molecule has 0 aliphatic heterocycles. The average molecular weight is 374 g/mol. The number of aliphatic hydroxyl groups is 1. The number of H-pyrrole nitrogens is 1. The van der Waals surface area contributed by atoms with E-state index in [1.807, 2.05) is 24.3 Å². The minimum atomic E-state index is -1.03. The second kappa shape index (κ2) is 9.29. The molecule has 2 aromatic rings. The molecule has 0 radical (unpaired) electrons. The second-order valence-electron chi connectivity index (χ2n) is 6.55. The number of rotatable bonds is 9. The van der Waals surface area contributed by atoms with Crippen molar-refractivity contribution in [3.63, 3.8) is 0 Å². The van der Waals surface area contributed by atoms with Crippen molar-refractivity contribution in [2.75, 3.05) is 13.6 Å². The first kappa shape index (κ1) is 20.6. The number of hydrogen-bond donors (Lipinski definition) is 5. The molecule has 2 amide bonds. The molecule has 0 aliphatic rings. The summed E-state index contributed by atoms with van der Waals surface area (Å²) >= 11 is 0. The number of fused-ring (bicyclic) bond motifs is 1. The molecular weight excluding hydrogens is 348 g/mol. The summed E-state index contributed by atoms with van der Waals surface area (Å²) in [6.07, 6.45) is 1.01. The van der Waals surface area contributed by atoms with Crippen LogP contribution in [0.3, 0.4) is 0 Å². The molecule has 0 bridgehead atoms. The van der Waals surface area contributed by atoms with Crippen molar-refractivity contribution in [3.8, 4) is 0 Å². The Bertz CT molecular complexity index is 815. The molecule has 0 unspecified atom stereocenters. The third-order valence-electron chi connectivity index (χ3n) is 4.31. The van der Waals surface area contributed by atoms with Crippen LogP contribution in [0.25, 0.3) is 10.9 Å². The van der Waals surface area contributed by atoms with Crippen LogP contribution in [0.2, 0.25) is 0 Å². The molecule has 1 heterocycles. The molecule has 0 saturated carbocycles. The maximum atomic E-state index is 12.7. The molecule has 0 aliphatic carbocycles. The van der Waals surface area contributed by atoms with Gasteiger partial charge in [0, 0.05) is 23.5 Å². The SMILES string of the molecule is CNCC(=O)N[C@@H](Cc1c[nH]c2ccccc12)C(=O)N[C@H](C(C)=O)[C@@H](C)O. The van der Waals surface area contributed by atoms with E-state index in [1.165, 1.54) is 13.8 Å². The Hall–Kier alpha value is -2.71. The number of para-hydroxylation sites is 1. The van der Waals surface area contributed by atoms with Crippen LogP contribution in [0.4, 0.5) is 0 Å². The fourth-order valence-electron chi connectivity index (χ4n) is 2.95. The molecule has 3 atom stereocenters. The highest BCUT2D eigenvalue weighted by Crippen LogP contribution is 2.19. The fraction of sp³-hybridized carbons (Fsp3) is 0.421. The number of nitrogens with one attached hydrogen (secondary N) is 4. The van der Waals surface area contributed by atoms with Gasteiger partial charge < -0.3 is 26.0 Å². The molecule has 146 valence electrons. The summed E-state index contributed by atoms with van der Waals surface area (Å²) < 4.78 is 0. The first-order chi connectivity index (χ1) is 12.8. The fourth-order valence-corrected chi connectivity index (χ4v) is 2.95. The number of hydrogen-bond acceptors (Lipinski definition) is 5. The van der Waals surface area contributed by atoms with Crippen molar-refractivity contribution in [2.24, 2.45) is 0 Å². The Kier molecular flexibility index (Phi) is 7.09. The molecule has 2 rings (SSSR count). The van der Waals surface area contributed by atoms with Crippen LogP contribution >= 0.6 is 0 Å².